The van der Waals surface area contributed by atoms with Gasteiger partial charge in [0.25, 0.3) is 5.69 Å². The minimum Gasteiger partial charge on any atom is -0.452 e. The van der Waals surface area contributed by atoms with Gasteiger partial charge in [0, 0.05) is 29.2 Å². The van der Waals surface area contributed by atoms with Gasteiger partial charge in [0.05, 0.1) is 16.9 Å². The number of allylic oxidation sites excluding steroid dienone is 1. The normalized spacial score (nSPS) is 17.6. The smallest absolute Gasteiger partial charge is 0.387 e. The molecule has 2 aliphatic rings. The predicted octanol–water partition coefficient (Wildman–Crippen LogP) is 5.25. The van der Waals surface area contributed by atoms with Gasteiger partial charge >= 0.3 is 12.6 Å². The number of para-hydroxylation sites is 1. The number of carbonyl (C=O) groups is 2. The van der Waals surface area contributed by atoms with Gasteiger partial charge in [0.1, 0.15) is 17.2 Å². The number of hydrogen-bond donors (Lipinski definition) is 0. The van der Waals surface area contributed by atoms with Gasteiger partial charge in [-0.25, -0.2) is 0 Å². The molecule has 0 N–H and O–H groups in total. The Morgan fingerprint density at radius 3 is 2.63 bits per heavy atom. The molecule has 0 radical (unpaired) electrons. The lowest BCUT2D eigenvalue weighted by Gasteiger charge is -2.26. The number of ether oxygens (including phenoxy) is 3. The average Bonchev–Trinajstić information content (AvgIpc) is 3.14. The van der Waals surface area contributed by atoms with Crippen molar-refractivity contribution in [2.24, 2.45) is 0 Å². The number of benzene rings is 3. The molecule has 0 bridgehead atoms. The third-order valence-electron chi connectivity index (χ3n) is 5.68. The molecule has 35 heavy (non-hydrogen) atoms. The Balaban J connectivity index is 1.59. The first kappa shape index (κ1) is 22.2. The highest BCUT2D eigenvalue weighted by atomic mass is 19.3. The summed E-state index contributed by atoms with van der Waals surface area (Å²) in [5.74, 6) is -1.64. The van der Waals surface area contributed by atoms with Crippen LogP contribution >= 0.6 is 0 Å². The number of nitro groups is 1. The van der Waals surface area contributed by atoms with E-state index in [1.165, 1.54) is 54.6 Å². The highest BCUT2D eigenvalue weighted by molar-refractivity contribution is 6.15. The van der Waals surface area contributed by atoms with Crippen LogP contribution in [0, 0.1) is 10.1 Å². The zero-order valence-corrected chi connectivity index (χ0v) is 17.8. The lowest BCUT2D eigenvalue weighted by molar-refractivity contribution is -0.384. The molecule has 176 valence electrons. The molecule has 2 heterocycles. The van der Waals surface area contributed by atoms with Gasteiger partial charge in [-0.05, 0) is 29.8 Å². The molecule has 0 aromatic heterocycles. The number of esters is 1. The highest BCUT2D eigenvalue weighted by Crippen LogP contribution is 2.49. The number of rotatable bonds is 5. The van der Waals surface area contributed by atoms with Gasteiger partial charge < -0.3 is 14.2 Å². The summed E-state index contributed by atoms with van der Waals surface area (Å²) in [5, 5.41) is 11.3. The Bertz CT molecular complexity index is 1420. The second-order valence-corrected chi connectivity index (χ2v) is 7.79. The van der Waals surface area contributed by atoms with Crippen molar-refractivity contribution in [1.82, 2.24) is 0 Å². The number of alkyl halides is 2. The molecule has 2 aliphatic heterocycles. The monoisotopic (exact) mass is 479 g/mol. The van der Waals surface area contributed by atoms with Crippen LogP contribution in [0.1, 0.15) is 39.4 Å². The molecule has 5 rings (SSSR count). The molecule has 3 aromatic rings. The van der Waals surface area contributed by atoms with E-state index in [2.05, 4.69) is 4.74 Å². The van der Waals surface area contributed by atoms with Gasteiger partial charge in [-0.1, -0.05) is 30.3 Å². The molecule has 0 amide bonds. The molecule has 10 heteroatoms. The van der Waals surface area contributed by atoms with Crippen molar-refractivity contribution in [1.29, 1.82) is 0 Å². The number of fused-ring (bicyclic) bond motifs is 3. The maximum Gasteiger partial charge on any atom is 0.387 e. The molecule has 0 fully saturated rings. The largest absolute Gasteiger partial charge is 0.452 e. The number of Topliss-reactive ketones (excluding diaryl/α,β-unsaturated/α-hetero) is 1. The van der Waals surface area contributed by atoms with Crippen molar-refractivity contribution in [2.75, 3.05) is 0 Å². The molecule has 3 aromatic carbocycles. The van der Waals surface area contributed by atoms with Gasteiger partial charge in [-0.2, -0.15) is 8.78 Å². The molecule has 0 aliphatic carbocycles. The molecule has 0 spiro atoms. The fourth-order valence-electron chi connectivity index (χ4n) is 4.19. The van der Waals surface area contributed by atoms with E-state index in [4.69, 9.17) is 9.47 Å². The number of nitrogens with zero attached hydrogens (tertiary/aromatic N) is 1. The summed E-state index contributed by atoms with van der Waals surface area (Å²) in [5.41, 5.74) is 1.13. The summed E-state index contributed by atoms with van der Waals surface area (Å²) < 4.78 is 41.3. The van der Waals surface area contributed by atoms with Crippen LogP contribution in [0.2, 0.25) is 0 Å². The Hall–Kier alpha value is -4.60. The third-order valence-corrected chi connectivity index (χ3v) is 5.68. The molecule has 0 saturated heterocycles. The summed E-state index contributed by atoms with van der Waals surface area (Å²) in [4.78, 5) is 36.1. The van der Waals surface area contributed by atoms with E-state index in [9.17, 15) is 28.5 Å². The standard InChI is InChI=1S/C25H15F2NO7/c26-25(27)35-18-7-2-1-4-14(18)11-20-23(30)16-8-9-19-22(24(16)34-20)17(12-21(29)33-19)13-5-3-6-15(10-13)28(31)32/h1-11,17,25H,12H2/b20-11-/t17-/m0/s1. The first-order valence-electron chi connectivity index (χ1n) is 10.4. The van der Waals surface area contributed by atoms with Gasteiger partial charge in [0.15, 0.2) is 5.76 Å². The van der Waals surface area contributed by atoms with Crippen LogP contribution in [0.15, 0.2) is 66.4 Å². The Morgan fingerprint density at radius 2 is 1.86 bits per heavy atom. The summed E-state index contributed by atoms with van der Waals surface area (Å²) in [6, 6.07) is 14.7. The topological polar surface area (TPSA) is 105 Å². The van der Waals surface area contributed by atoms with Crippen molar-refractivity contribution in [3.05, 3.63) is 98.8 Å². The summed E-state index contributed by atoms with van der Waals surface area (Å²) >= 11 is 0. The third kappa shape index (κ3) is 4.10. The van der Waals surface area contributed by atoms with Crippen molar-refractivity contribution >= 4 is 23.5 Å². The summed E-state index contributed by atoms with van der Waals surface area (Å²) in [7, 11) is 0. The molecular weight excluding hydrogens is 464 g/mol. The molecule has 0 saturated carbocycles. The number of halogens is 2. The van der Waals surface area contributed by atoms with E-state index in [0.717, 1.165) is 0 Å². The Labute approximate surface area is 196 Å². The first-order chi connectivity index (χ1) is 16.8. The number of carbonyl (C=O) groups excluding carboxylic acids is 2. The van der Waals surface area contributed by atoms with E-state index in [0.29, 0.717) is 11.1 Å². The number of ketones is 1. The van der Waals surface area contributed by atoms with E-state index >= 15 is 0 Å². The number of hydrogen-bond acceptors (Lipinski definition) is 7. The van der Waals surface area contributed by atoms with Crippen molar-refractivity contribution in [3.8, 4) is 17.2 Å². The van der Waals surface area contributed by atoms with Crippen LogP contribution in [-0.4, -0.2) is 23.3 Å². The van der Waals surface area contributed by atoms with Crippen molar-refractivity contribution in [2.45, 2.75) is 19.0 Å². The van der Waals surface area contributed by atoms with Gasteiger partial charge in [0.2, 0.25) is 5.78 Å². The minimum absolute atomic E-state index is 0.119. The van der Waals surface area contributed by atoms with E-state index in [-0.39, 0.29) is 46.2 Å². The van der Waals surface area contributed by atoms with Gasteiger partial charge in [-0.3, -0.25) is 19.7 Å². The highest BCUT2D eigenvalue weighted by Gasteiger charge is 2.39. The number of nitro benzene ring substituents is 1. The van der Waals surface area contributed by atoms with Crippen LogP contribution in [0.5, 0.6) is 17.2 Å². The Morgan fingerprint density at radius 1 is 1.06 bits per heavy atom. The minimum atomic E-state index is -3.05. The second kappa shape index (κ2) is 8.64. The second-order valence-electron chi connectivity index (χ2n) is 7.79. The predicted molar refractivity (Wildman–Crippen MR) is 118 cm³/mol. The molecular formula is C25H15F2NO7. The van der Waals surface area contributed by atoms with E-state index in [1.807, 2.05) is 0 Å². The zero-order chi connectivity index (χ0) is 24.7. The van der Waals surface area contributed by atoms with E-state index < -0.39 is 29.2 Å². The zero-order valence-electron chi connectivity index (χ0n) is 17.8. The van der Waals surface area contributed by atoms with Crippen LogP contribution < -0.4 is 14.2 Å². The van der Waals surface area contributed by atoms with Gasteiger partial charge in [-0.15, -0.1) is 0 Å². The van der Waals surface area contributed by atoms with Crippen molar-refractivity contribution < 1.29 is 37.5 Å². The van der Waals surface area contributed by atoms with E-state index in [1.54, 1.807) is 12.1 Å². The van der Waals surface area contributed by atoms with Crippen LogP contribution in [0.25, 0.3) is 6.08 Å². The maximum absolute atomic E-state index is 13.1. The van der Waals surface area contributed by atoms with Crippen LogP contribution in [0.3, 0.4) is 0 Å². The molecule has 0 unspecified atom stereocenters. The lowest BCUT2D eigenvalue weighted by Crippen LogP contribution is -2.21. The average molecular weight is 479 g/mol. The molecule has 1 atom stereocenters. The first-order valence-corrected chi connectivity index (χ1v) is 10.4. The quantitative estimate of drug-likeness (QED) is 0.162. The SMILES string of the molecule is O=C1C[C@@H](c2cccc([N+](=O)[O-])c2)c2c(ccc3c2O/C(=C\c2ccccc2OC(F)F)C3=O)O1. The van der Waals surface area contributed by atoms with Crippen molar-refractivity contribution in [3.63, 3.8) is 0 Å². The number of non-ortho nitro benzene ring substituents is 1. The summed E-state index contributed by atoms with van der Waals surface area (Å²) in [6.07, 6.45) is 1.18. The fourth-order valence-corrected chi connectivity index (χ4v) is 4.19. The fraction of sp³-hybridized carbons (Fsp3) is 0.120. The summed E-state index contributed by atoms with van der Waals surface area (Å²) in [6.45, 7) is -3.05. The lowest BCUT2D eigenvalue weighted by atomic mass is 9.84. The maximum atomic E-state index is 13.1. The molecule has 8 nitrogen and oxygen atoms in total. The van der Waals surface area contributed by atoms with Crippen LogP contribution in [-0.2, 0) is 4.79 Å². The van der Waals surface area contributed by atoms with Crippen LogP contribution in [0.4, 0.5) is 14.5 Å². The Kier molecular flexibility index (Phi) is 5.48.